The van der Waals surface area contributed by atoms with Crippen LogP contribution in [0.5, 0.6) is 5.75 Å². The van der Waals surface area contributed by atoms with Crippen molar-refractivity contribution in [1.82, 2.24) is 9.88 Å². The molecule has 1 saturated heterocycles. The molecule has 1 aromatic heterocycles. The first-order chi connectivity index (χ1) is 17.7. The van der Waals surface area contributed by atoms with E-state index in [1.807, 2.05) is 83.8 Å². The largest absolute Gasteiger partial charge is 0.497 e. The summed E-state index contributed by atoms with van der Waals surface area (Å²) in [7, 11) is 1.65. The molecular weight excluding hydrogens is 506 g/mol. The molecular formula is C29H32ClN3O3S. The van der Waals surface area contributed by atoms with E-state index >= 15 is 0 Å². The van der Waals surface area contributed by atoms with E-state index in [1.165, 1.54) is 0 Å². The third kappa shape index (κ3) is 6.48. The topological polar surface area (TPSA) is 54.9 Å². The fourth-order valence-corrected chi connectivity index (χ4v) is 5.62. The maximum absolute atomic E-state index is 14.4. The van der Waals surface area contributed by atoms with Crippen LogP contribution in [0.4, 0.5) is 5.13 Å². The molecule has 1 aliphatic rings. The number of halogens is 1. The molecule has 0 saturated carbocycles. The molecule has 0 unspecified atom stereocenters. The molecule has 0 spiro atoms. The number of aromatic nitrogens is 1. The summed E-state index contributed by atoms with van der Waals surface area (Å²) in [5.74, 6) is 0.397. The number of ether oxygens (including phenoxy) is 2. The van der Waals surface area contributed by atoms with Gasteiger partial charge in [0, 0.05) is 32.2 Å². The predicted octanol–water partition coefficient (Wildman–Crippen LogP) is 5.61. The van der Waals surface area contributed by atoms with Gasteiger partial charge in [-0.05, 0) is 29.7 Å². The molecule has 194 valence electrons. The third-order valence-corrected chi connectivity index (χ3v) is 7.61. The number of thiazole rings is 1. The van der Waals surface area contributed by atoms with Gasteiger partial charge in [-0.3, -0.25) is 14.6 Å². The van der Waals surface area contributed by atoms with Crippen molar-refractivity contribution < 1.29 is 14.3 Å². The monoisotopic (exact) mass is 537 g/mol. The minimum Gasteiger partial charge on any atom is -0.497 e. The Morgan fingerprint density at radius 3 is 2.30 bits per heavy atom. The molecule has 0 atom stereocenters. The number of benzene rings is 3. The Kier molecular flexibility index (Phi) is 9.52. The van der Waals surface area contributed by atoms with Crippen LogP contribution in [0.3, 0.4) is 0 Å². The molecule has 0 N–H and O–H groups in total. The highest BCUT2D eigenvalue weighted by Crippen LogP contribution is 2.35. The van der Waals surface area contributed by atoms with Crippen molar-refractivity contribution in [1.29, 1.82) is 0 Å². The fourth-order valence-electron chi connectivity index (χ4n) is 4.64. The van der Waals surface area contributed by atoms with Crippen molar-refractivity contribution in [2.45, 2.75) is 12.3 Å². The molecule has 0 radical (unpaired) electrons. The van der Waals surface area contributed by atoms with Gasteiger partial charge >= 0.3 is 0 Å². The highest BCUT2D eigenvalue weighted by atomic mass is 35.5. The molecule has 2 heterocycles. The van der Waals surface area contributed by atoms with Gasteiger partial charge in [0.15, 0.2) is 5.13 Å². The van der Waals surface area contributed by atoms with Gasteiger partial charge < -0.3 is 9.47 Å². The molecule has 1 fully saturated rings. The van der Waals surface area contributed by atoms with Crippen molar-refractivity contribution in [3.8, 4) is 5.75 Å². The van der Waals surface area contributed by atoms with Crippen molar-refractivity contribution >= 4 is 45.0 Å². The number of carbonyl (C=O) groups excluding carboxylic acids is 1. The number of carbonyl (C=O) groups is 1. The summed E-state index contributed by atoms with van der Waals surface area (Å²) >= 11 is 1.55. The van der Waals surface area contributed by atoms with Crippen molar-refractivity contribution in [3.05, 3.63) is 90.0 Å². The number of hydrogen-bond donors (Lipinski definition) is 0. The quantitative estimate of drug-likeness (QED) is 0.277. The van der Waals surface area contributed by atoms with E-state index in [4.69, 9.17) is 14.5 Å². The fraction of sp³-hybridized carbons (Fsp3) is 0.310. The van der Waals surface area contributed by atoms with Gasteiger partial charge in [-0.25, -0.2) is 4.98 Å². The number of rotatable bonds is 9. The minimum atomic E-state index is -0.405. The van der Waals surface area contributed by atoms with Crippen LogP contribution in [0, 0.1) is 0 Å². The maximum Gasteiger partial charge on any atom is 0.240 e. The van der Waals surface area contributed by atoms with E-state index < -0.39 is 5.92 Å². The van der Waals surface area contributed by atoms with Crippen LogP contribution in [0.2, 0.25) is 0 Å². The second-order valence-electron chi connectivity index (χ2n) is 8.88. The smallest absolute Gasteiger partial charge is 0.240 e. The Morgan fingerprint density at radius 1 is 1.03 bits per heavy atom. The minimum absolute atomic E-state index is 0. The van der Waals surface area contributed by atoms with Gasteiger partial charge in [-0.1, -0.05) is 72.0 Å². The number of amides is 1. The highest BCUT2D eigenvalue weighted by molar-refractivity contribution is 7.22. The second kappa shape index (κ2) is 13.0. The lowest BCUT2D eigenvalue weighted by molar-refractivity contribution is -0.119. The summed E-state index contributed by atoms with van der Waals surface area (Å²) in [4.78, 5) is 23.5. The SMILES string of the molecule is COc1ccc2sc(N(CCCN3CCOCC3)C(=O)C(c3ccccc3)c3ccccc3)nc2c1.Cl. The maximum atomic E-state index is 14.4. The Bertz CT molecular complexity index is 1240. The van der Waals surface area contributed by atoms with E-state index in [0.717, 1.165) is 71.5 Å². The van der Waals surface area contributed by atoms with Crippen molar-refractivity contribution in [2.24, 2.45) is 0 Å². The number of hydrogen-bond acceptors (Lipinski definition) is 6. The summed E-state index contributed by atoms with van der Waals surface area (Å²) in [6, 6.07) is 25.9. The summed E-state index contributed by atoms with van der Waals surface area (Å²) in [6.45, 7) is 4.94. The zero-order valence-electron chi connectivity index (χ0n) is 20.9. The number of fused-ring (bicyclic) bond motifs is 1. The standard InChI is InChI=1S/C29H31N3O3S.ClH/c1-34-24-13-14-26-25(21-24)30-29(36-26)32(16-8-15-31-17-19-35-20-18-31)28(33)27(22-9-4-2-5-10-22)23-11-6-3-7-12-23;/h2-7,9-14,21,27H,8,15-20H2,1H3;1H. The van der Waals surface area contributed by atoms with Gasteiger partial charge in [0.1, 0.15) is 5.75 Å². The molecule has 0 aliphatic carbocycles. The Morgan fingerprint density at radius 2 is 1.68 bits per heavy atom. The van der Waals surface area contributed by atoms with Crippen molar-refractivity contribution in [3.63, 3.8) is 0 Å². The Labute approximate surface area is 228 Å². The van der Waals surface area contributed by atoms with Gasteiger partial charge in [-0.15, -0.1) is 12.4 Å². The number of nitrogens with zero attached hydrogens (tertiary/aromatic N) is 3. The van der Waals surface area contributed by atoms with Gasteiger partial charge in [0.05, 0.1) is 36.5 Å². The van der Waals surface area contributed by atoms with E-state index in [1.54, 1.807) is 18.4 Å². The molecule has 4 aromatic rings. The lowest BCUT2D eigenvalue weighted by Crippen LogP contribution is -2.40. The molecule has 8 heteroatoms. The summed E-state index contributed by atoms with van der Waals surface area (Å²) in [5.41, 5.74) is 2.81. The molecule has 37 heavy (non-hydrogen) atoms. The molecule has 1 amide bonds. The van der Waals surface area contributed by atoms with Crippen molar-refractivity contribution in [2.75, 3.05) is 51.4 Å². The van der Waals surface area contributed by atoms with Crippen LogP contribution in [0.15, 0.2) is 78.9 Å². The Balaban J connectivity index is 0.00000320. The van der Waals surface area contributed by atoms with Crippen LogP contribution in [0.25, 0.3) is 10.2 Å². The lowest BCUT2D eigenvalue weighted by Gasteiger charge is -2.29. The summed E-state index contributed by atoms with van der Waals surface area (Å²) in [6.07, 6.45) is 0.862. The van der Waals surface area contributed by atoms with Crippen LogP contribution in [0.1, 0.15) is 23.5 Å². The third-order valence-electron chi connectivity index (χ3n) is 6.55. The normalized spacial score (nSPS) is 13.9. The van der Waals surface area contributed by atoms with Gasteiger partial charge in [0.2, 0.25) is 5.91 Å². The molecule has 6 nitrogen and oxygen atoms in total. The summed E-state index contributed by atoms with van der Waals surface area (Å²) in [5, 5.41) is 0.724. The average Bonchev–Trinajstić information content (AvgIpc) is 3.36. The molecule has 0 bridgehead atoms. The zero-order chi connectivity index (χ0) is 24.7. The number of anilines is 1. The van der Waals surface area contributed by atoms with Crippen LogP contribution in [-0.4, -0.2) is 62.3 Å². The number of morpholine rings is 1. The van der Waals surface area contributed by atoms with Crippen LogP contribution in [-0.2, 0) is 9.53 Å². The van der Waals surface area contributed by atoms with Crippen LogP contribution >= 0.6 is 23.7 Å². The van der Waals surface area contributed by atoms with E-state index in [9.17, 15) is 4.79 Å². The second-order valence-corrected chi connectivity index (χ2v) is 9.89. The van der Waals surface area contributed by atoms with E-state index in [0.29, 0.717) is 6.54 Å². The molecule has 3 aromatic carbocycles. The molecule has 5 rings (SSSR count). The first kappa shape index (κ1) is 27.1. The first-order valence-corrected chi connectivity index (χ1v) is 13.2. The van der Waals surface area contributed by atoms with Crippen LogP contribution < -0.4 is 9.64 Å². The first-order valence-electron chi connectivity index (χ1n) is 12.4. The Hall–Kier alpha value is -2.97. The number of methoxy groups -OCH3 is 1. The summed E-state index contributed by atoms with van der Waals surface area (Å²) < 4.78 is 11.9. The molecule has 1 aliphatic heterocycles. The van der Waals surface area contributed by atoms with E-state index in [2.05, 4.69) is 4.90 Å². The van der Waals surface area contributed by atoms with Gasteiger partial charge in [-0.2, -0.15) is 0 Å². The highest BCUT2D eigenvalue weighted by Gasteiger charge is 2.30. The zero-order valence-corrected chi connectivity index (χ0v) is 22.5. The van der Waals surface area contributed by atoms with Gasteiger partial charge in [0.25, 0.3) is 0 Å². The average molecular weight is 538 g/mol. The van der Waals surface area contributed by atoms with E-state index in [-0.39, 0.29) is 18.3 Å². The predicted molar refractivity (Wildman–Crippen MR) is 152 cm³/mol. The lowest BCUT2D eigenvalue weighted by atomic mass is 9.90.